The van der Waals surface area contributed by atoms with Gasteiger partial charge in [0.2, 0.25) is 0 Å². The zero-order chi connectivity index (χ0) is 13.1. The summed E-state index contributed by atoms with van der Waals surface area (Å²) in [5, 5.41) is 4.21. The Balaban J connectivity index is 2.06. The van der Waals surface area contributed by atoms with Gasteiger partial charge in [-0.15, -0.1) is 0 Å². The highest BCUT2D eigenvalue weighted by molar-refractivity contribution is 5.41. The second-order valence-electron chi connectivity index (χ2n) is 5.16. The number of hydrogen-bond donors (Lipinski definition) is 1. The van der Waals surface area contributed by atoms with Gasteiger partial charge >= 0.3 is 0 Å². The highest BCUT2D eigenvalue weighted by Gasteiger charge is 2.28. The summed E-state index contributed by atoms with van der Waals surface area (Å²) >= 11 is 0. The van der Waals surface area contributed by atoms with Gasteiger partial charge in [-0.3, -0.25) is 4.79 Å². The summed E-state index contributed by atoms with van der Waals surface area (Å²) < 4.78 is 1.48. The summed E-state index contributed by atoms with van der Waals surface area (Å²) in [6.45, 7) is 3.56. The molecule has 1 aliphatic carbocycles. The molecule has 1 aromatic rings. The van der Waals surface area contributed by atoms with Crippen LogP contribution in [-0.2, 0) is 6.54 Å². The van der Waals surface area contributed by atoms with Crippen LogP contribution in [0.3, 0.4) is 0 Å². The van der Waals surface area contributed by atoms with Crippen molar-refractivity contribution < 1.29 is 0 Å². The van der Waals surface area contributed by atoms with Crippen molar-refractivity contribution in [2.45, 2.75) is 38.8 Å². The van der Waals surface area contributed by atoms with E-state index in [0.29, 0.717) is 12.5 Å². The van der Waals surface area contributed by atoms with E-state index in [4.69, 9.17) is 5.73 Å². The lowest BCUT2D eigenvalue weighted by Crippen LogP contribution is -2.35. The summed E-state index contributed by atoms with van der Waals surface area (Å²) in [6, 6.07) is 1.71. The Kier molecular flexibility index (Phi) is 4.01. The molecule has 0 radical (unpaired) electrons. The van der Waals surface area contributed by atoms with E-state index in [1.54, 1.807) is 12.3 Å². The first-order valence-electron chi connectivity index (χ1n) is 6.65. The molecule has 0 bridgehead atoms. The Morgan fingerprint density at radius 1 is 1.61 bits per heavy atom. The van der Waals surface area contributed by atoms with Crippen LogP contribution < -0.4 is 16.2 Å². The van der Waals surface area contributed by atoms with Crippen molar-refractivity contribution in [1.82, 2.24) is 9.78 Å². The van der Waals surface area contributed by atoms with Crippen LogP contribution in [0.4, 0.5) is 5.69 Å². The number of aromatic nitrogens is 2. The average molecular weight is 250 g/mol. The Hall–Kier alpha value is -1.36. The summed E-state index contributed by atoms with van der Waals surface area (Å²) in [5.74, 6) is 0.584. The van der Waals surface area contributed by atoms with Crippen LogP contribution in [0.15, 0.2) is 17.1 Å². The van der Waals surface area contributed by atoms with Crippen LogP contribution in [0.2, 0.25) is 0 Å². The quantitative estimate of drug-likeness (QED) is 0.812. The van der Waals surface area contributed by atoms with Gasteiger partial charge in [-0.25, -0.2) is 4.68 Å². The van der Waals surface area contributed by atoms with Crippen molar-refractivity contribution in [3.8, 4) is 0 Å². The van der Waals surface area contributed by atoms with Gasteiger partial charge in [-0.05, 0) is 25.2 Å². The van der Waals surface area contributed by atoms with E-state index < -0.39 is 0 Å². The third kappa shape index (κ3) is 3.10. The fraction of sp³-hybridized carbons (Fsp3) is 0.692. The van der Waals surface area contributed by atoms with E-state index in [1.807, 2.05) is 11.9 Å². The monoisotopic (exact) mass is 250 g/mol. The van der Waals surface area contributed by atoms with E-state index in [1.165, 1.54) is 17.5 Å². The first kappa shape index (κ1) is 13.1. The normalized spacial score (nSPS) is 16.6. The topological polar surface area (TPSA) is 64.2 Å². The van der Waals surface area contributed by atoms with Crippen molar-refractivity contribution in [2.75, 3.05) is 18.5 Å². The largest absolute Gasteiger partial charge is 0.373 e. The van der Waals surface area contributed by atoms with Gasteiger partial charge in [0, 0.05) is 25.7 Å². The molecule has 0 aliphatic heterocycles. The Morgan fingerprint density at radius 3 is 2.89 bits per heavy atom. The molecule has 0 amide bonds. The molecule has 1 heterocycles. The first-order valence-corrected chi connectivity index (χ1v) is 6.65. The standard InChI is InChI=1S/C13H22N4O/c1-3-6-16(2)11-7-13(18)17(15-8-11)9-12(14)10-4-5-10/h7-8,10,12H,3-6,9,14H2,1-2H3. The second kappa shape index (κ2) is 5.52. The minimum Gasteiger partial charge on any atom is -0.373 e. The Morgan fingerprint density at radius 2 is 2.33 bits per heavy atom. The van der Waals surface area contributed by atoms with E-state index in [2.05, 4.69) is 12.0 Å². The fourth-order valence-corrected chi connectivity index (χ4v) is 2.11. The van der Waals surface area contributed by atoms with Gasteiger partial charge in [0.25, 0.3) is 5.56 Å². The SMILES string of the molecule is CCCN(C)c1cnn(CC(N)C2CC2)c(=O)c1. The summed E-state index contributed by atoms with van der Waals surface area (Å²) in [5.41, 5.74) is 6.83. The molecule has 5 nitrogen and oxygen atoms in total. The van der Waals surface area contributed by atoms with Crippen LogP contribution in [0, 0.1) is 5.92 Å². The minimum absolute atomic E-state index is 0.0634. The molecular weight excluding hydrogens is 228 g/mol. The number of nitrogens with zero attached hydrogens (tertiary/aromatic N) is 3. The molecular formula is C13H22N4O. The van der Waals surface area contributed by atoms with Gasteiger partial charge in [-0.1, -0.05) is 6.92 Å². The summed E-state index contributed by atoms with van der Waals surface area (Å²) in [7, 11) is 1.97. The molecule has 1 fully saturated rings. The van der Waals surface area contributed by atoms with E-state index in [9.17, 15) is 4.79 Å². The molecule has 1 saturated carbocycles. The lowest BCUT2D eigenvalue weighted by atomic mass is 10.2. The van der Waals surface area contributed by atoms with Crippen LogP contribution >= 0.6 is 0 Å². The van der Waals surface area contributed by atoms with Crippen LogP contribution in [0.1, 0.15) is 26.2 Å². The molecule has 1 atom stereocenters. The number of nitrogens with two attached hydrogens (primary N) is 1. The minimum atomic E-state index is -0.0634. The Bertz CT molecular complexity index is 453. The van der Waals surface area contributed by atoms with Crippen molar-refractivity contribution in [2.24, 2.45) is 11.7 Å². The maximum atomic E-state index is 11.9. The molecule has 1 unspecified atom stereocenters. The van der Waals surface area contributed by atoms with Crippen molar-refractivity contribution in [3.63, 3.8) is 0 Å². The molecule has 1 aromatic heterocycles. The van der Waals surface area contributed by atoms with Gasteiger partial charge in [0.15, 0.2) is 0 Å². The van der Waals surface area contributed by atoms with Crippen LogP contribution in [0.5, 0.6) is 0 Å². The molecule has 1 aliphatic rings. The number of hydrogen-bond acceptors (Lipinski definition) is 4. The average Bonchev–Trinajstić information content (AvgIpc) is 3.16. The van der Waals surface area contributed by atoms with Crippen molar-refractivity contribution in [3.05, 3.63) is 22.6 Å². The van der Waals surface area contributed by atoms with Crippen molar-refractivity contribution >= 4 is 5.69 Å². The van der Waals surface area contributed by atoms with E-state index in [-0.39, 0.29) is 11.6 Å². The van der Waals surface area contributed by atoms with E-state index >= 15 is 0 Å². The van der Waals surface area contributed by atoms with Gasteiger partial charge in [0.05, 0.1) is 18.4 Å². The summed E-state index contributed by atoms with van der Waals surface area (Å²) in [6.07, 6.45) is 5.17. The van der Waals surface area contributed by atoms with Crippen LogP contribution in [-0.4, -0.2) is 29.4 Å². The first-order chi connectivity index (χ1) is 8.61. The predicted molar refractivity (Wildman–Crippen MR) is 72.8 cm³/mol. The van der Waals surface area contributed by atoms with E-state index in [0.717, 1.165) is 18.7 Å². The molecule has 18 heavy (non-hydrogen) atoms. The lowest BCUT2D eigenvalue weighted by Gasteiger charge is -2.18. The lowest BCUT2D eigenvalue weighted by molar-refractivity contribution is 0.455. The molecule has 0 aromatic carbocycles. The predicted octanol–water partition coefficient (Wildman–Crippen LogP) is 0.827. The fourth-order valence-electron chi connectivity index (χ4n) is 2.11. The summed E-state index contributed by atoms with van der Waals surface area (Å²) in [4.78, 5) is 14.0. The van der Waals surface area contributed by atoms with Gasteiger partial charge in [0.1, 0.15) is 0 Å². The smallest absolute Gasteiger partial charge is 0.268 e. The zero-order valence-corrected chi connectivity index (χ0v) is 11.2. The second-order valence-corrected chi connectivity index (χ2v) is 5.16. The van der Waals surface area contributed by atoms with Gasteiger partial charge < -0.3 is 10.6 Å². The molecule has 0 spiro atoms. The maximum absolute atomic E-state index is 11.9. The molecule has 0 saturated heterocycles. The number of anilines is 1. The molecule has 100 valence electrons. The molecule has 2 rings (SSSR count). The van der Waals surface area contributed by atoms with Crippen molar-refractivity contribution in [1.29, 1.82) is 0 Å². The highest BCUT2D eigenvalue weighted by atomic mass is 16.1. The van der Waals surface area contributed by atoms with Crippen LogP contribution in [0.25, 0.3) is 0 Å². The molecule has 5 heteroatoms. The number of rotatable bonds is 6. The third-order valence-corrected chi connectivity index (χ3v) is 3.47. The zero-order valence-electron chi connectivity index (χ0n) is 11.2. The Labute approximate surface area is 108 Å². The third-order valence-electron chi connectivity index (χ3n) is 3.47. The maximum Gasteiger partial charge on any atom is 0.268 e. The highest BCUT2D eigenvalue weighted by Crippen LogP contribution is 2.31. The van der Waals surface area contributed by atoms with Gasteiger partial charge in [-0.2, -0.15) is 5.10 Å². The molecule has 2 N–H and O–H groups in total.